The summed E-state index contributed by atoms with van der Waals surface area (Å²) in [5.74, 6) is 1.86. The molecule has 0 aliphatic heterocycles. The molecular formula is C10H18N4. The molecule has 0 spiro atoms. The van der Waals surface area contributed by atoms with Crippen LogP contribution in [0.5, 0.6) is 0 Å². The van der Waals surface area contributed by atoms with Gasteiger partial charge in [0.15, 0.2) is 0 Å². The van der Waals surface area contributed by atoms with E-state index >= 15 is 0 Å². The van der Waals surface area contributed by atoms with Gasteiger partial charge in [0.2, 0.25) is 5.95 Å². The highest BCUT2D eigenvalue weighted by Crippen LogP contribution is 2.10. The molecule has 4 nitrogen and oxygen atoms in total. The molecule has 2 N–H and O–H groups in total. The van der Waals surface area contributed by atoms with Crippen molar-refractivity contribution in [2.75, 3.05) is 24.2 Å². The van der Waals surface area contributed by atoms with Crippen molar-refractivity contribution in [2.24, 2.45) is 5.92 Å². The Morgan fingerprint density at radius 2 is 2.29 bits per heavy atom. The number of nitrogens with two attached hydrogens (primary N) is 1. The summed E-state index contributed by atoms with van der Waals surface area (Å²) in [7, 11) is 1.99. The number of aromatic nitrogens is 2. The van der Waals surface area contributed by atoms with Gasteiger partial charge in [0.25, 0.3) is 0 Å². The Bertz CT molecular complexity index is 287. The van der Waals surface area contributed by atoms with E-state index in [1.165, 1.54) is 0 Å². The van der Waals surface area contributed by atoms with Gasteiger partial charge in [0.1, 0.15) is 5.82 Å². The first-order chi connectivity index (χ1) is 6.63. The van der Waals surface area contributed by atoms with Crippen LogP contribution in [0.4, 0.5) is 11.8 Å². The molecule has 1 aromatic rings. The number of anilines is 2. The molecule has 0 fully saturated rings. The minimum absolute atomic E-state index is 0.519. The lowest BCUT2D eigenvalue weighted by molar-refractivity contribution is 0.555. The van der Waals surface area contributed by atoms with E-state index in [4.69, 9.17) is 5.73 Å². The highest BCUT2D eigenvalue weighted by Gasteiger charge is 2.07. The van der Waals surface area contributed by atoms with Gasteiger partial charge >= 0.3 is 0 Å². The Labute approximate surface area is 85.2 Å². The van der Waals surface area contributed by atoms with Crippen molar-refractivity contribution < 1.29 is 0 Å². The van der Waals surface area contributed by atoms with E-state index in [1.54, 1.807) is 12.3 Å². The fourth-order valence-corrected chi connectivity index (χ4v) is 1.22. The lowest BCUT2D eigenvalue weighted by Crippen LogP contribution is -2.25. The largest absolute Gasteiger partial charge is 0.384 e. The van der Waals surface area contributed by atoms with E-state index < -0.39 is 0 Å². The van der Waals surface area contributed by atoms with Gasteiger partial charge < -0.3 is 10.6 Å². The van der Waals surface area contributed by atoms with Crippen LogP contribution >= 0.6 is 0 Å². The average molecular weight is 194 g/mol. The zero-order valence-electron chi connectivity index (χ0n) is 9.07. The summed E-state index contributed by atoms with van der Waals surface area (Å²) in [6.45, 7) is 5.35. The van der Waals surface area contributed by atoms with Crippen LogP contribution in [-0.2, 0) is 0 Å². The van der Waals surface area contributed by atoms with Crippen LogP contribution in [0.25, 0.3) is 0 Å². The van der Waals surface area contributed by atoms with Crippen molar-refractivity contribution in [2.45, 2.75) is 20.3 Å². The maximum atomic E-state index is 5.58. The summed E-state index contributed by atoms with van der Waals surface area (Å²) >= 11 is 0. The average Bonchev–Trinajstić information content (AvgIpc) is 2.17. The van der Waals surface area contributed by atoms with Crippen molar-refractivity contribution in [3.05, 3.63) is 12.3 Å². The summed E-state index contributed by atoms with van der Waals surface area (Å²) < 4.78 is 0. The highest BCUT2D eigenvalue weighted by atomic mass is 15.2. The van der Waals surface area contributed by atoms with E-state index in [0.717, 1.165) is 13.0 Å². The molecule has 1 atom stereocenters. The van der Waals surface area contributed by atoms with E-state index in [9.17, 15) is 0 Å². The lowest BCUT2D eigenvalue weighted by atomic mass is 10.1. The molecule has 0 aliphatic carbocycles. The quantitative estimate of drug-likeness (QED) is 0.790. The predicted molar refractivity (Wildman–Crippen MR) is 59.2 cm³/mol. The third-order valence-electron chi connectivity index (χ3n) is 2.29. The first-order valence-electron chi connectivity index (χ1n) is 4.93. The summed E-state index contributed by atoms with van der Waals surface area (Å²) in [5.41, 5.74) is 5.58. The number of rotatable bonds is 4. The van der Waals surface area contributed by atoms with Gasteiger partial charge in [-0.15, -0.1) is 0 Å². The Balaban J connectivity index is 2.64. The molecule has 1 rings (SSSR count). The second kappa shape index (κ2) is 4.79. The molecule has 0 aliphatic rings. The molecule has 1 aromatic heterocycles. The minimum Gasteiger partial charge on any atom is -0.384 e. The Kier molecular flexibility index (Phi) is 3.68. The number of nitrogens with zero attached hydrogens (tertiary/aromatic N) is 3. The number of hydrogen-bond donors (Lipinski definition) is 1. The molecule has 0 aromatic carbocycles. The third kappa shape index (κ3) is 2.87. The second-order valence-electron chi connectivity index (χ2n) is 3.68. The Morgan fingerprint density at radius 3 is 2.86 bits per heavy atom. The van der Waals surface area contributed by atoms with Gasteiger partial charge in [0, 0.05) is 19.8 Å². The Hall–Kier alpha value is -1.32. The standard InChI is InChI=1S/C10H18N4/c1-4-8(2)7-14(3)10-12-6-5-9(11)13-10/h5-6,8H,4,7H2,1-3H3,(H2,11,12,13). The van der Waals surface area contributed by atoms with Crippen molar-refractivity contribution in [1.29, 1.82) is 0 Å². The summed E-state index contributed by atoms with van der Waals surface area (Å²) in [6, 6.07) is 1.70. The molecule has 1 unspecified atom stereocenters. The van der Waals surface area contributed by atoms with Gasteiger partial charge in [-0.2, -0.15) is 4.98 Å². The van der Waals surface area contributed by atoms with Crippen LogP contribution < -0.4 is 10.6 Å². The van der Waals surface area contributed by atoms with E-state index in [0.29, 0.717) is 17.7 Å². The van der Waals surface area contributed by atoms with Crippen LogP contribution in [0.2, 0.25) is 0 Å². The third-order valence-corrected chi connectivity index (χ3v) is 2.29. The molecule has 4 heteroatoms. The highest BCUT2D eigenvalue weighted by molar-refractivity contribution is 5.36. The van der Waals surface area contributed by atoms with Crippen LogP contribution in [0.15, 0.2) is 12.3 Å². The fraction of sp³-hybridized carbons (Fsp3) is 0.600. The summed E-state index contributed by atoms with van der Waals surface area (Å²) in [5, 5.41) is 0. The van der Waals surface area contributed by atoms with Gasteiger partial charge in [-0.3, -0.25) is 0 Å². The monoisotopic (exact) mass is 194 g/mol. The van der Waals surface area contributed by atoms with Gasteiger partial charge in [0.05, 0.1) is 0 Å². The predicted octanol–water partition coefficient (Wildman–Crippen LogP) is 1.54. The topological polar surface area (TPSA) is 55.0 Å². The van der Waals surface area contributed by atoms with Gasteiger partial charge in [-0.25, -0.2) is 4.98 Å². The minimum atomic E-state index is 0.519. The van der Waals surface area contributed by atoms with E-state index in [-0.39, 0.29) is 0 Å². The zero-order valence-corrected chi connectivity index (χ0v) is 9.07. The van der Waals surface area contributed by atoms with Crippen molar-refractivity contribution in [1.82, 2.24) is 9.97 Å². The molecule has 0 amide bonds. The molecule has 78 valence electrons. The van der Waals surface area contributed by atoms with Crippen LogP contribution in [-0.4, -0.2) is 23.6 Å². The Morgan fingerprint density at radius 1 is 1.57 bits per heavy atom. The summed E-state index contributed by atoms with van der Waals surface area (Å²) in [4.78, 5) is 10.3. The molecule has 14 heavy (non-hydrogen) atoms. The van der Waals surface area contributed by atoms with Crippen molar-refractivity contribution >= 4 is 11.8 Å². The van der Waals surface area contributed by atoms with Crippen LogP contribution in [0.1, 0.15) is 20.3 Å². The van der Waals surface area contributed by atoms with E-state index in [1.807, 2.05) is 11.9 Å². The van der Waals surface area contributed by atoms with Gasteiger partial charge in [-0.1, -0.05) is 20.3 Å². The molecule has 0 saturated carbocycles. The first-order valence-corrected chi connectivity index (χ1v) is 4.93. The molecule has 1 heterocycles. The lowest BCUT2D eigenvalue weighted by Gasteiger charge is -2.20. The van der Waals surface area contributed by atoms with Crippen molar-refractivity contribution in [3.63, 3.8) is 0 Å². The first kappa shape index (κ1) is 10.8. The maximum absolute atomic E-state index is 5.58. The maximum Gasteiger partial charge on any atom is 0.226 e. The van der Waals surface area contributed by atoms with Gasteiger partial charge in [-0.05, 0) is 12.0 Å². The van der Waals surface area contributed by atoms with Crippen LogP contribution in [0, 0.1) is 5.92 Å². The summed E-state index contributed by atoms with van der Waals surface area (Å²) in [6.07, 6.45) is 2.84. The fourth-order valence-electron chi connectivity index (χ4n) is 1.22. The van der Waals surface area contributed by atoms with Crippen LogP contribution in [0.3, 0.4) is 0 Å². The second-order valence-corrected chi connectivity index (χ2v) is 3.68. The molecule has 0 bridgehead atoms. The number of hydrogen-bond acceptors (Lipinski definition) is 4. The number of nitrogen functional groups attached to an aromatic ring is 1. The van der Waals surface area contributed by atoms with Crippen molar-refractivity contribution in [3.8, 4) is 0 Å². The normalized spacial score (nSPS) is 12.5. The smallest absolute Gasteiger partial charge is 0.226 e. The molecule has 0 radical (unpaired) electrons. The molecular weight excluding hydrogens is 176 g/mol. The SMILES string of the molecule is CCC(C)CN(C)c1nccc(N)n1. The molecule has 0 saturated heterocycles. The zero-order chi connectivity index (χ0) is 10.6. The van der Waals surface area contributed by atoms with E-state index in [2.05, 4.69) is 23.8 Å².